The number of nitrogens with zero attached hydrogens (tertiary/aromatic N) is 4. The van der Waals surface area contributed by atoms with Gasteiger partial charge in [-0.05, 0) is 6.92 Å². The third-order valence-corrected chi connectivity index (χ3v) is 2.21. The molecule has 0 spiro atoms. The van der Waals surface area contributed by atoms with Crippen molar-refractivity contribution in [3.8, 4) is 6.07 Å². The van der Waals surface area contributed by atoms with Crippen LogP contribution >= 0.6 is 0 Å². The quantitative estimate of drug-likeness (QED) is 0.550. The van der Waals surface area contributed by atoms with Gasteiger partial charge >= 0.3 is 0 Å². The van der Waals surface area contributed by atoms with Crippen molar-refractivity contribution in [1.82, 2.24) is 9.97 Å². The highest BCUT2D eigenvalue weighted by Gasteiger charge is 2.11. The zero-order chi connectivity index (χ0) is 11.3. The van der Waals surface area contributed by atoms with E-state index in [2.05, 4.69) is 21.5 Å². The number of anilines is 2. The summed E-state index contributed by atoms with van der Waals surface area (Å²) >= 11 is 0. The molecule has 15 heavy (non-hydrogen) atoms. The summed E-state index contributed by atoms with van der Waals surface area (Å²) < 4.78 is 0. The van der Waals surface area contributed by atoms with E-state index in [4.69, 9.17) is 11.1 Å². The summed E-state index contributed by atoms with van der Waals surface area (Å²) in [7, 11) is 1.88. The van der Waals surface area contributed by atoms with E-state index < -0.39 is 0 Å². The molecule has 0 bridgehead atoms. The fraction of sp³-hybridized carbons (Fsp3) is 0.444. The normalized spacial score (nSPS) is 11.6. The molecule has 1 heterocycles. The third kappa shape index (κ3) is 2.79. The Balaban J connectivity index is 2.81. The molecule has 80 valence electrons. The van der Waals surface area contributed by atoms with Gasteiger partial charge in [-0.3, -0.25) is 0 Å². The molecule has 0 aliphatic rings. The van der Waals surface area contributed by atoms with Crippen molar-refractivity contribution in [3.05, 3.63) is 12.4 Å². The van der Waals surface area contributed by atoms with Crippen LogP contribution in [-0.2, 0) is 0 Å². The number of hydrogen-bond acceptors (Lipinski definition) is 6. The second-order valence-corrected chi connectivity index (χ2v) is 3.23. The molecule has 0 saturated heterocycles. The van der Waals surface area contributed by atoms with Crippen molar-refractivity contribution >= 4 is 11.6 Å². The Bertz CT molecular complexity index is 358. The fourth-order valence-electron chi connectivity index (χ4n) is 1.11. The molecule has 1 rings (SSSR count). The highest BCUT2D eigenvalue weighted by molar-refractivity contribution is 5.47. The van der Waals surface area contributed by atoms with Gasteiger partial charge in [0.15, 0.2) is 0 Å². The first-order valence-corrected chi connectivity index (χ1v) is 4.57. The maximum Gasteiger partial charge on any atom is 0.145 e. The molecule has 0 aliphatic heterocycles. The maximum absolute atomic E-state index is 8.59. The Labute approximate surface area is 88.7 Å². The Kier molecular flexibility index (Phi) is 3.83. The summed E-state index contributed by atoms with van der Waals surface area (Å²) in [6, 6.07) is 3.96. The molecule has 6 nitrogen and oxygen atoms in total. The number of hydrazine groups is 1. The first kappa shape index (κ1) is 11.2. The maximum atomic E-state index is 8.59. The molecule has 1 atom stereocenters. The van der Waals surface area contributed by atoms with Crippen molar-refractivity contribution in [2.24, 2.45) is 5.84 Å². The molecular formula is C9H14N6. The van der Waals surface area contributed by atoms with Crippen LogP contribution in [0.5, 0.6) is 0 Å². The lowest BCUT2D eigenvalue weighted by atomic mass is 10.2. The second-order valence-electron chi connectivity index (χ2n) is 3.23. The first-order chi connectivity index (χ1) is 7.19. The number of nitrogens with two attached hydrogens (primary N) is 1. The Hall–Kier alpha value is -1.87. The van der Waals surface area contributed by atoms with Crippen molar-refractivity contribution in [1.29, 1.82) is 5.26 Å². The summed E-state index contributed by atoms with van der Waals surface area (Å²) in [5, 5.41) is 8.59. The van der Waals surface area contributed by atoms with Crippen LogP contribution in [-0.4, -0.2) is 23.1 Å². The van der Waals surface area contributed by atoms with Crippen LogP contribution in [0.3, 0.4) is 0 Å². The van der Waals surface area contributed by atoms with Gasteiger partial charge in [-0.25, -0.2) is 15.8 Å². The average molecular weight is 206 g/mol. The molecule has 1 aromatic heterocycles. The van der Waals surface area contributed by atoms with E-state index >= 15 is 0 Å². The lowest BCUT2D eigenvalue weighted by molar-refractivity contribution is 0.693. The van der Waals surface area contributed by atoms with Crippen LogP contribution in [0.1, 0.15) is 13.3 Å². The smallest absolute Gasteiger partial charge is 0.145 e. The molecule has 0 aromatic carbocycles. The van der Waals surface area contributed by atoms with E-state index in [0.717, 1.165) is 5.82 Å². The lowest BCUT2D eigenvalue weighted by Gasteiger charge is -2.23. The molecule has 0 saturated carbocycles. The third-order valence-electron chi connectivity index (χ3n) is 2.21. The Morgan fingerprint density at radius 3 is 3.00 bits per heavy atom. The predicted molar refractivity (Wildman–Crippen MR) is 57.9 cm³/mol. The minimum atomic E-state index is 0.107. The monoisotopic (exact) mass is 206 g/mol. The van der Waals surface area contributed by atoms with Gasteiger partial charge in [0.1, 0.15) is 18.0 Å². The molecule has 0 amide bonds. The Morgan fingerprint density at radius 2 is 2.40 bits per heavy atom. The van der Waals surface area contributed by atoms with E-state index in [1.54, 1.807) is 6.07 Å². The van der Waals surface area contributed by atoms with E-state index in [9.17, 15) is 0 Å². The largest absolute Gasteiger partial charge is 0.356 e. The number of aromatic nitrogens is 2. The predicted octanol–water partition coefficient (Wildman–Crippen LogP) is 0.501. The molecule has 0 radical (unpaired) electrons. The molecule has 1 unspecified atom stereocenters. The summed E-state index contributed by atoms with van der Waals surface area (Å²) in [5.41, 5.74) is 2.45. The molecular weight excluding hydrogens is 192 g/mol. The number of hydrogen-bond donors (Lipinski definition) is 2. The van der Waals surface area contributed by atoms with Crippen LogP contribution in [0.25, 0.3) is 0 Å². The van der Waals surface area contributed by atoms with E-state index in [0.29, 0.717) is 12.2 Å². The van der Waals surface area contributed by atoms with Crippen molar-refractivity contribution < 1.29 is 0 Å². The molecule has 0 aliphatic carbocycles. The summed E-state index contributed by atoms with van der Waals surface area (Å²) in [6.45, 7) is 1.96. The number of nitrogen functional groups attached to an aromatic ring is 1. The SMILES string of the molecule is CC(CC#N)N(C)c1cc(NN)ncn1. The van der Waals surface area contributed by atoms with E-state index in [-0.39, 0.29) is 6.04 Å². The topological polar surface area (TPSA) is 90.9 Å². The second kappa shape index (κ2) is 5.12. The van der Waals surface area contributed by atoms with Crippen LogP contribution < -0.4 is 16.2 Å². The summed E-state index contributed by atoms with van der Waals surface area (Å²) in [5.74, 6) is 6.53. The average Bonchev–Trinajstić information content (AvgIpc) is 2.28. The van der Waals surface area contributed by atoms with Gasteiger partial charge < -0.3 is 10.3 Å². The van der Waals surface area contributed by atoms with Crippen LogP contribution in [0, 0.1) is 11.3 Å². The highest BCUT2D eigenvalue weighted by Crippen LogP contribution is 2.15. The summed E-state index contributed by atoms with van der Waals surface area (Å²) in [4.78, 5) is 9.92. The van der Waals surface area contributed by atoms with Gasteiger partial charge in [0.05, 0.1) is 12.5 Å². The molecule has 0 fully saturated rings. The summed E-state index contributed by atoms with van der Waals surface area (Å²) in [6.07, 6.45) is 1.88. The highest BCUT2D eigenvalue weighted by atomic mass is 15.3. The van der Waals surface area contributed by atoms with Gasteiger partial charge in [-0.1, -0.05) is 0 Å². The molecule has 6 heteroatoms. The lowest BCUT2D eigenvalue weighted by Crippen LogP contribution is -2.29. The van der Waals surface area contributed by atoms with Crippen molar-refractivity contribution in [2.75, 3.05) is 17.4 Å². The van der Waals surface area contributed by atoms with E-state index in [1.807, 2.05) is 18.9 Å². The molecule has 3 N–H and O–H groups in total. The minimum Gasteiger partial charge on any atom is -0.356 e. The Morgan fingerprint density at radius 1 is 1.67 bits per heavy atom. The van der Waals surface area contributed by atoms with Crippen molar-refractivity contribution in [2.45, 2.75) is 19.4 Å². The van der Waals surface area contributed by atoms with Crippen molar-refractivity contribution in [3.63, 3.8) is 0 Å². The fourth-order valence-corrected chi connectivity index (χ4v) is 1.11. The zero-order valence-electron chi connectivity index (χ0n) is 8.81. The first-order valence-electron chi connectivity index (χ1n) is 4.57. The van der Waals surface area contributed by atoms with Gasteiger partial charge in [0.25, 0.3) is 0 Å². The van der Waals surface area contributed by atoms with Crippen LogP contribution in [0.2, 0.25) is 0 Å². The zero-order valence-corrected chi connectivity index (χ0v) is 8.81. The minimum absolute atomic E-state index is 0.107. The van der Waals surface area contributed by atoms with Crippen LogP contribution in [0.15, 0.2) is 12.4 Å². The number of rotatable bonds is 4. The van der Waals surface area contributed by atoms with E-state index in [1.165, 1.54) is 6.33 Å². The van der Waals surface area contributed by atoms with Gasteiger partial charge in [0.2, 0.25) is 0 Å². The molecule has 1 aromatic rings. The standard InChI is InChI=1S/C9H14N6/c1-7(3-4-10)15(2)9-5-8(14-11)12-6-13-9/h5-7H,3,11H2,1-2H3,(H,12,13,14). The number of nitriles is 1. The van der Waals surface area contributed by atoms with Gasteiger partial charge in [-0.2, -0.15) is 5.26 Å². The van der Waals surface area contributed by atoms with Gasteiger partial charge in [-0.15, -0.1) is 0 Å². The van der Waals surface area contributed by atoms with Gasteiger partial charge in [0, 0.05) is 19.2 Å². The number of nitrogens with one attached hydrogen (secondary N) is 1. The van der Waals surface area contributed by atoms with Crippen LogP contribution in [0.4, 0.5) is 11.6 Å².